The molecule has 46 heavy (non-hydrogen) atoms. The molecular weight excluding hydrogens is 564 g/mol. The molecule has 0 N–H and O–H groups in total. The maximum Gasteiger partial charge on any atom is 0.115 e. The molecule has 0 spiro atoms. The Hall–Kier alpha value is -6.40. The molecule has 6 heteroatoms. The SMILES string of the molecule is c1ccc(-n2c3cc(-c4cncnc4)c4cccc5c4c3-c3c4c(cccc42)c(-c2cncnc2)cc3n5-c2ccccc2)cc1. The molecule has 0 amide bonds. The Labute approximate surface area is 263 Å². The van der Waals surface area contributed by atoms with Crippen molar-refractivity contribution in [1.82, 2.24) is 29.1 Å². The van der Waals surface area contributed by atoms with Crippen molar-refractivity contribution in [2.45, 2.75) is 0 Å². The lowest BCUT2D eigenvalue weighted by Gasteiger charge is -2.30. The minimum Gasteiger partial charge on any atom is -0.309 e. The number of para-hydroxylation sites is 2. The summed E-state index contributed by atoms with van der Waals surface area (Å²) in [7, 11) is 0. The monoisotopic (exact) mass is 588 g/mol. The molecule has 0 radical (unpaired) electrons. The van der Waals surface area contributed by atoms with Gasteiger partial charge in [0.15, 0.2) is 0 Å². The molecule has 10 rings (SSSR count). The second kappa shape index (κ2) is 9.55. The molecule has 0 aliphatic carbocycles. The van der Waals surface area contributed by atoms with Crippen LogP contribution in [0.2, 0.25) is 0 Å². The predicted octanol–water partition coefficient (Wildman–Crippen LogP) is 9.34. The number of aromatic nitrogens is 6. The van der Waals surface area contributed by atoms with Crippen LogP contribution in [0.5, 0.6) is 0 Å². The van der Waals surface area contributed by atoms with E-state index >= 15 is 0 Å². The first-order valence-corrected chi connectivity index (χ1v) is 15.3. The van der Waals surface area contributed by atoms with Crippen LogP contribution in [0.25, 0.3) is 88.4 Å². The van der Waals surface area contributed by atoms with Gasteiger partial charge in [0.25, 0.3) is 0 Å². The molecular formula is C40H24N6. The zero-order chi connectivity index (χ0) is 30.2. The lowest BCUT2D eigenvalue weighted by atomic mass is 9.83. The van der Waals surface area contributed by atoms with Crippen molar-refractivity contribution >= 4 is 43.6 Å². The molecule has 0 bridgehead atoms. The third-order valence-corrected chi connectivity index (χ3v) is 9.23. The fraction of sp³-hybridized carbons (Fsp3) is 0. The van der Waals surface area contributed by atoms with Gasteiger partial charge in [-0.25, -0.2) is 19.9 Å². The molecule has 0 saturated heterocycles. The Kier molecular flexibility index (Phi) is 5.19. The van der Waals surface area contributed by atoms with Gasteiger partial charge in [-0.3, -0.25) is 0 Å². The Morgan fingerprint density at radius 1 is 0.391 bits per heavy atom. The van der Waals surface area contributed by atoms with Crippen molar-refractivity contribution in [3.8, 4) is 44.8 Å². The summed E-state index contributed by atoms with van der Waals surface area (Å²) in [5.74, 6) is 0. The van der Waals surface area contributed by atoms with Crippen molar-refractivity contribution in [1.29, 1.82) is 0 Å². The number of nitrogens with zero attached hydrogens (tertiary/aromatic N) is 6. The number of benzene rings is 6. The smallest absolute Gasteiger partial charge is 0.115 e. The lowest BCUT2D eigenvalue weighted by Crippen LogP contribution is -2.11. The molecule has 2 aliphatic heterocycles. The minimum atomic E-state index is 0.982. The van der Waals surface area contributed by atoms with Crippen molar-refractivity contribution in [3.63, 3.8) is 0 Å². The van der Waals surface area contributed by atoms with Crippen LogP contribution in [0.3, 0.4) is 0 Å². The van der Waals surface area contributed by atoms with Gasteiger partial charge >= 0.3 is 0 Å². The van der Waals surface area contributed by atoms with Crippen molar-refractivity contribution in [3.05, 3.63) is 147 Å². The standard InChI is InChI=1S/C40H24N6/c1-3-9-27(10-4-1)45-33-15-7-13-29-32(26-21-43-24-44-22-26)18-36-40(37(29)33)39-35(45)17-31(25-19-41-23-42-20-25)30-14-8-16-34(38(30)39)46(36)28-11-5-2-6-12-28/h1-24H. The quantitative estimate of drug-likeness (QED) is 0.152. The topological polar surface area (TPSA) is 61.4 Å². The maximum absolute atomic E-state index is 4.41. The van der Waals surface area contributed by atoms with E-state index in [1.165, 1.54) is 32.7 Å². The number of pyridine rings is 2. The lowest BCUT2D eigenvalue weighted by molar-refractivity contribution is 1.14. The van der Waals surface area contributed by atoms with Crippen LogP contribution < -0.4 is 0 Å². The molecule has 0 atom stereocenters. The highest BCUT2D eigenvalue weighted by Gasteiger charge is 2.29. The zero-order valence-electron chi connectivity index (χ0n) is 24.5. The molecule has 0 saturated carbocycles. The van der Waals surface area contributed by atoms with Gasteiger partial charge in [0.2, 0.25) is 0 Å². The summed E-state index contributed by atoms with van der Waals surface area (Å²) < 4.78 is 4.84. The first-order chi connectivity index (χ1) is 22.9. The highest BCUT2D eigenvalue weighted by Crippen LogP contribution is 2.52. The van der Waals surface area contributed by atoms with Gasteiger partial charge in [0, 0.05) is 69.2 Å². The second-order valence-corrected chi connectivity index (χ2v) is 11.6. The molecule has 8 aromatic rings. The normalized spacial score (nSPS) is 11.9. The van der Waals surface area contributed by atoms with Crippen LogP contribution in [-0.2, 0) is 0 Å². The highest BCUT2D eigenvalue weighted by atomic mass is 15.0. The van der Waals surface area contributed by atoms with Crippen molar-refractivity contribution in [2.75, 3.05) is 0 Å². The van der Waals surface area contributed by atoms with Gasteiger partial charge in [-0.15, -0.1) is 0 Å². The fourth-order valence-electron chi connectivity index (χ4n) is 7.44. The summed E-state index contributed by atoms with van der Waals surface area (Å²) in [5.41, 5.74) is 13.4. The Morgan fingerprint density at radius 3 is 1.22 bits per heavy atom. The minimum absolute atomic E-state index is 0.982. The number of hydrogen-bond donors (Lipinski definition) is 0. The van der Waals surface area contributed by atoms with Crippen LogP contribution in [0.1, 0.15) is 0 Å². The van der Waals surface area contributed by atoms with Crippen LogP contribution >= 0.6 is 0 Å². The van der Waals surface area contributed by atoms with E-state index in [0.717, 1.165) is 55.7 Å². The summed E-state index contributed by atoms with van der Waals surface area (Å²) in [5, 5.41) is 4.75. The first kappa shape index (κ1) is 25.0. The maximum atomic E-state index is 4.41. The van der Waals surface area contributed by atoms with Crippen LogP contribution in [0, 0.1) is 0 Å². The third kappa shape index (κ3) is 3.41. The van der Waals surface area contributed by atoms with E-state index in [1.54, 1.807) is 12.7 Å². The third-order valence-electron chi connectivity index (χ3n) is 9.23. The van der Waals surface area contributed by atoms with E-state index in [-0.39, 0.29) is 0 Å². The fourth-order valence-corrected chi connectivity index (χ4v) is 7.44. The van der Waals surface area contributed by atoms with Gasteiger partial charge in [-0.2, -0.15) is 0 Å². The van der Waals surface area contributed by atoms with Gasteiger partial charge in [-0.05, 0) is 70.4 Å². The van der Waals surface area contributed by atoms with E-state index in [4.69, 9.17) is 0 Å². The van der Waals surface area contributed by atoms with Crippen LogP contribution in [-0.4, -0.2) is 29.1 Å². The largest absolute Gasteiger partial charge is 0.309 e. The molecule has 2 aliphatic rings. The van der Waals surface area contributed by atoms with Crippen molar-refractivity contribution in [2.24, 2.45) is 0 Å². The molecule has 6 nitrogen and oxygen atoms in total. The Bertz CT molecular complexity index is 2470. The summed E-state index contributed by atoms with van der Waals surface area (Å²) in [4.78, 5) is 17.7. The first-order valence-electron chi connectivity index (χ1n) is 15.3. The molecule has 0 unspecified atom stereocenters. The van der Waals surface area contributed by atoms with Crippen LogP contribution in [0.15, 0.2) is 147 Å². The molecule has 0 fully saturated rings. The summed E-state index contributed by atoms with van der Waals surface area (Å²) in [6.45, 7) is 0. The Balaban J connectivity index is 1.55. The van der Waals surface area contributed by atoms with Crippen molar-refractivity contribution < 1.29 is 0 Å². The predicted molar refractivity (Wildman–Crippen MR) is 185 cm³/mol. The highest BCUT2D eigenvalue weighted by molar-refractivity contribution is 6.29. The molecule has 214 valence electrons. The van der Waals surface area contributed by atoms with E-state index in [0.29, 0.717) is 0 Å². The van der Waals surface area contributed by atoms with Gasteiger partial charge in [-0.1, -0.05) is 60.7 Å². The summed E-state index contributed by atoms with van der Waals surface area (Å²) in [6.07, 6.45) is 10.8. The van der Waals surface area contributed by atoms with Gasteiger partial charge < -0.3 is 9.13 Å². The molecule has 4 heterocycles. The van der Waals surface area contributed by atoms with E-state index in [2.05, 4.69) is 138 Å². The van der Waals surface area contributed by atoms with Gasteiger partial charge in [0.05, 0.1) is 22.1 Å². The average molecular weight is 589 g/mol. The van der Waals surface area contributed by atoms with E-state index in [1.807, 2.05) is 24.8 Å². The zero-order valence-corrected chi connectivity index (χ0v) is 24.5. The molecule has 2 aromatic heterocycles. The summed E-state index contributed by atoms with van der Waals surface area (Å²) in [6, 6.07) is 39.2. The number of rotatable bonds is 4. The van der Waals surface area contributed by atoms with E-state index < -0.39 is 0 Å². The van der Waals surface area contributed by atoms with Crippen LogP contribution in [0.4, 0.5) is 0 Å². The average Bonchev–Trinajstić information content (AvgIpc) is 3.13. The second-order valence-electron chi connectivity index (χ2n) is 11.6. The number of hydrogen-bond acceptors (Lipinski definition) is 4. The van der Waals surface area contributed by atoms with E-state index in [9.17, 15) is 0 Å². The molecule has 6 aromatic carbocycles. The Morgan fingerprint density at radius 2 is 0.804 bits per heavy atom. The summed E-state index contributed by atoms with van der Waals surface area (Å²) >= 11 is 0. The van der Waals surface area contributed by atoms with Gasteiger partial charge in [0.1, 0.15) is 12.7 Å².